The zero-order valence-electron chi connectivity index (χ0n) is 11.0. The van der Waals surface area contributed by atoms with Crippen molar-refractivity contribution in [2.75, 3.05) is 0 Å². The minimum absolute atomic E-state index is 0.480. The van der Waals surface area contributed by atoms with E-state index in [2.05, 4.69) is 15.9 Å². The monoisotopic (exact) mass is 350 g/mol. The summed E-state index contributed by atoms with van der Waals surface area (Å²) >= 11 is 4.80. The molecule has 0 heterocycles. The molecule has 1 N–H and O–H groups in total. The third-order valence-electron chi connectivity index (χ3n) is 2.88. The zero-order valence-corrected chi connectivity index (χ0v) is 13.4. The lowest BCUT2D eigenvalue weighted by molar-refractivity contribution is -0.136. The second-order valence-corrected chi connectivity index (χ2v) is 6.78. The lowest BCUT2D eigenvalue weighted by Crippen LogP contribution is -2.19. The second kappa shape index (κ2) is 6.95. The largest absolute Gasteiger partial charge is 0.480 e. The zero-order chi connectivity index (χ0) is 14.5. The molecule has 4 heteroatoms. The summed E-state index contributed by atoms with van der Waals surface area (Å²) in [7, 11) is 0. The van der Waals surface area contributed by atoms with Gasteiger partial charge in [0.05, 0.1) is 0 Å². The molecule has 2 rings (SSSR count). The molecule has 0 aromatic heterocycles. The minimum Gasteiger partial charge on any atom is -0.480 e. The van der Waals surface area contributed by atoms with Crippen LogP contribution in [0.1, 0.15) is 11.1 Å². The molecule has 2 nitrogen and oxygen atoms in total. The van der Waals surface area contributed by atoms with E-state index in [0.717, 1.165) is 14.9 Å². The summed E-state index contributed by atoms with van der Waals surface area (Å²) in [4.78, 5) is 12.4. The number of carboxylic acid groups (broad SMARTS) is 1. The molecule has 0 spiro atoms. The summed E-state index contributed by atoms with van der Waals surface area (Å²) in [5, 5.41) is 8.91. The van der Waals surface area contributed by atoms with Gasteiger partial charge in [-0.25, -0.2) is 0 Å². The highest BCUT2D eigenvalue weighted by molar-refractivity contribution is 9.10. The smallest absolute Gasteiger partial charge is 0.317 e. The van der Waals surface area contributed by atoms with Crippen LogP contribution in [0, 0.1) is 6.92 Å². The quantitative estimate of drug-likeness (QED) is 0.804. The molecule has 2 aromatic rings. The first-order valence-electron chi connectivity index (χ1n) is 6.25. The van der Waals surface area contributed by atoms with Crippen LogP contribution in [0.5, 0.6) is 0 Å². The van der Waals surface area contributed by atoms with Gasteiger partial charge in [0.2, 0.25) is 0 Å². The summed E-state index contributed by atoms with van der Waals surface area (Å²) in [6.07, 6.45) is 0.507. The molecular weight excluding hydrogens is 336 g/mol. The number of hydrogen-bond donors (Lipinski definition) is 1. The predicted octanol–water partition coefficient (Wildman–Crippen LogP) is 4.55. The number of benzene rings is 2. The van der Waals surface area contributed by atoms with Crippen molar-refractivity contribution >= 4 is 33.7 Å². The van der Waals surface area contributed by atoms with E-state index in [1.54, 1.807) is 0 Å². The molecule has 0 fully saturated rings. The normalized spacial score (nSPS) is 12.1. The fourth-order valence-electron chi connectivity index (χ4n) is 1.84. The molecule has 0 bridgehead atoms. The van der Waals surface area contributed by atoms with Gasteiger partial charge in [-0.1, -0.05) is 45.8 Å². The Labute approximate surface area is 131 Å². The molecule has 0 aliphatic carbocycles. The van der Waals surface area contributed by atoms with Gasteiger partial charge in [-0.3, -0.25) is 4.79 Å². The first-order valence-corrected chi connectivity index (χ1v) is 7.92. The van der Waals surface area contributed by atoms with Crippen molar-refractivity contribution in [3.8, 4) is 0 Å². The predicted molar refractivity (Wildman–Crippen MR) is 86.3 cm³/mol. The average Bonchev–Trinajstić information content (AvgIpc) is 2.40. The highest BCUT2D eigenvalue weighted by Gasteiger charge is 2.19. The van der Waals surface area contributed by atoms with Crippen molar-refractivity contribution in [1.29, 1.82) is 0 Å². The number of hydrogen-bond acceptors (Lipinski definition) is 2. The van der Waals surface area contributed by atoms with Crippen LogP contribution in [-0.4, -0.2) is 16.3 Å². The summed E-state index contributed by atoms with van der Waals surface area (Å²) in [5.74, 6) is -0.782. The van der Waals surface area contributed by atoms with Crippen molar-refractivity contribution in [3.05, 3.63) is 64.1 Å². The number of thioether (sulfide) groups is 1. The van der Waals surface area contributed by atoms with Gasteiger partial charge in [-0.05, 0) is 43.2 Å². The SMILES string of the molecule is Cc1ccc(SC(Cc2cccc(Br)c2)C(=O)O)cc1. The van der Waals surface area contributed by atoms with Crippen LogP contribution in [-0.2, 0) is 11.2 Å². The molecule has 0 saturated carbocycles. The Morgan fingerprint density at radius 1 is 1.25 bits per heavy atom. The topological polar surface area (TPSA) is 37.3 Å². The molecule has 20 heavy (non-hydrogen) atoms. The van der Waals surface area contributed by atoms with Gasteiger partial charge in [-0.2, -0.15) is 0 Å². The minimum atomic E-state index is -0.782. The molecule has 1 unspecified atom stereocenters. The highest BCUT2D eigenvalue weighted by atomic mass is 79.9. The number of halogens is 1. The van der Waals surface area contributed by atoms with Gasteiger partial charge in [0, 0.05) is 9.37 Å². The molecule has 0 saturated heterocycles. The van der Waals surface area contributed by atoms with Crippen LogP contribution >= 0.6 is 27.7 Å². The average molecular weight is 351 g/mol. The molecule has 0 aliphatic heterocycles. The van der Waals surface area contributed by atoms with E-state index in [4.69, 9.17) is 0 Å². The fraction of sp³-hybridized carbons (Fsp3) is 0.188. The van der Waals surface area contributed by atoms with Crippen LogP contribution in [0.4, 0.5) is 0 Å². The van der Waals surface area contributed by atoms with Crippen molar-refractivity contribution in [1.82, 2.24) is 0 Å². The number of carboxylic acids is 1. The lowest BCUT2D eigenvalue weighted by Gasteiger charge is -2.12. The van der Waals surface area contributed by atoms with E-state index in [1.807, 2.05) is 55.5 Å². The van der Waals surface area contributed by atoms with Crippen LogP contribution < -0.4 is 0 Å². The molecule has 1 atom stereocenters. The molecule has 0 amide bonds. The van der Waals surface area contributed by atoms with Crippen molar-refractivity contribution < 1.29 is 9.90 Å². The van der Waals surface area contributed by atoms with Crippen molar-refractivity contribution in [2.45, 2.75) is 23.5 Å². The summed E-state index contributed by atoms with van der Waals surface area (Å²) in [6.45, 7) is 2.02. The second-order valence-electron chi connectivity index (χ2n) is 4.59. The highest BCUT2D eigenvalue weighted by Crippen LogP contribution is 2.27. The maximum atomic E-state index is 11.4. The van der Waals surface area contributed by atoms with Crippen LogP contribution in [0.2, 0.25) is 0 Å². The third kappa shape index (κ3) is 4.39. The van der Waals surface area contributed by atoms with E-state index >= 15 is 0 Å². The van der Waals surface area contributed by atoms with E-state index in [-0.39, 0.29) is 0 Å². The Balaban J connectivity index is 2.11. The molecule has 104 valence electrons. The summed E-state index contributed by atoms with van der Waals surface area (Å²) < 4.78 is 0.972. The Morgan fingerprint density at radius 3 is 2.55 bits per heavy atom. The third-order valence-corrected chi connectivity index (χ3v) is 4.58. The van der Waals surface area contributed by atoms with Crippen molar-refractivity contribution in [2.24, 2.45) is 0 Å². The van der Waals surface area contributed by atoms with E-state index in [1.165, 1.54) is 17.3 Å². The van der Waals surface area contributed by atoms with E-state index in [9.17, 15) is 9.90 Å². The van der Waals surface area contributed by atoms with Gasteiger partial charge in [-0.15, -0.1) is 11.8 Å². The molecular formula is C16H15BrO2S. The first-order chi connectivity index (χ1) is 9.54. The van der Waals surface area contributed by atoms with E-state index < -0.39 is 11.2 Å². The number of aliphatic carboxylic acids is 1. The summed E-state index contributed by atoms with van der Waals surface area (Å²) in [5.41, 5.74) is 2.19. The lowest BCUT2D eigenvalue weighted by atomic mass is 10.1. The van der Waals surface area contributed by atoms with Gasteiger partial charge >= 0.3 is 5.97 Å². The Hall–Kier alpha value is -1.26. The van der Waals surface area contributed by atoms with Crippen LogP contribution in [0.25, 0.3) is 0 Å². The van der Waals surface area contributed by atoms with Crippen molar-refractivity contribution in [3.63, 3.8) is 0 Å². The first kappa shape index (κ1) is 15.1. The Kier molecular flexibility index (Phi) is 5.26. The summed E-state index contributed by atoms with van der Waals surface area (Å²) in [6, 6.07) is 15.7. The number of rotatable bonds is 5. The maximum absolute atomic E-state index is 11.4. The standard InChI is InChI=1S/C16H15BrO2S/c1-11-5-7-14(8-6-11)20-15(16(18)19)10-12-3-2-4-13(17)9-12/h2-9,15H,10H2,1H3,(H,18,19). The molecule has 0 aliphatic rings. The number of carbonyl (C=O) groups is 1. The molecule has 2 aromatic carbocycles. The van der Waals surface area contributed by atoms with Gasteiger partial charge < -0.3 is 5.11 Å². The van der Waals surface area contributed by atoms with E-state index in [0.29, 0.717) is 6.42 Å². The Bertz CT molecular complexity index is 596. The number of aryl methyl sites for hydroxylation is 1. The fourth-order valence-corrected chi connectivity index (χ4v) is 3.28. The van der Waals surface area contributed by atoms with Crippen LogP contribution in [0.15, 0.2) is 57.9 Å². The van der Waals surface area contributed by atoms with Gasteiger partial charge in [0.25, 0.3) is 0 Å². The van der Waals surface area contributed by atoms with Crippen LogP contribution in [0.3, 0.4) is 0 Å². The Morgan fingerprint density at radius 2 is 1.95 bits per heavy atom. The van der Waals surface area contributed by atoms with Gasteiger partial charge in [0.1, 0.15) is 5.25 Å². The van der Waals surface area contributed by atoms with Gasteiger partial charge in [0.15, 0.2) is 0 Å². The maximum Gasteiger partial charge on any atom is 0.317 e. The molecule has 0 radical (unpaired) electrons.